The van der Waals surface area contributed by atoms with Crippen LogP contribution in [0.5, 0.6) is 5.75 Å². The SMILES string of the molecule is COc1ccc(CN2CCOC(C(=N)N)C2)cc1. The molecule has 0 spiro atoms. The molecule has 1 saturated heterocycles. The lowest BCUT2D eigenvalue weighted by Crippen LogP contribution is -2.47. The molecule has 1 heterocycles. The lowest BCUT2D eigenvalue weighted by Gasteiger charge is -2.32. The van der Waals surface area contributed by atoms with Crippen LogP contribution in [0, 0.1) is 5.41 Å². The van der Waals surface area contributed by atoms with Gasteiger partial charge in [-0.2, -0.15) is 0 Å². The fourth-order valence-corrected chi connectivity index (χ4v) is 2.02. The van der Waals surface area contributed by atoms with Gasteiger partial charge in [0, 0.05) is 19.6 Å². The molecule has 1 aromatic rings. The van der Waals surface area contributed by atoms with Gasteiger partial charge in [-0.3, -0.25) is 10.3 Å². The topological polar surface area (TPSA) is 71.6 Å². The number of hydrogen-bond acceptors (Lipinski definition) is 4. The number of nitrogens with one attached hydrogen (secondary N) is 1. The molecular weight excluding hydrogens is 230 g/mol. The Morgan fingerprint density at radius 2 is 2.22 bits per heavy atom. The van der Waals surface area contributed by atoms with Crippen molar-refractivity contribution in [2.24, 2.45) is 5.73 Å². The van der Waals surface area contributed by atoms with Gasteiger partial charge in [0.25, 0.3) is 0 Å². The summed E-state index contributed by atoms with van der Waals surface area (Å²) in [6.07, 6.45) is -0.267. The molecule has 18 heavy (non-hydrogen) atoms. The van der Waals surface area contributed by atoms with E-state index in [-0.39, 0.29) is 11.9 Å². The lowest BCUT2D eigenvalue weighted by atomic mass is 10.1. The standard InChI is InChI=1S/C13H19N3O2/c1-17-11-4-2-10(3-5-11)8-16-6-7-18-12(9-16)13(14)15/h2-5,12H,6-9H2,1H3,(H3,14,15). The van der Waals surface area contributed by atoms with E-state index >= 15 is 0 Å². The Bertz CT molecular complexity index is 405. The van der Waals surface area contributed by atoms with Crippen molar-refractivity contribution < 1.29 is 9.47 Å². The predicted molar refractivity (Wildman–Crippen MR) is 69.9 cm³/mol. The molecule has 1 fully saturated rings. The molecule has 2 rings (SSSR count). The molecule has 1 unspecified atom stereocenters. The third-order valence-electron chi connectivity index (χ3n) is 3.06. The summed E-state index contributed by atoms with van der Waals surface area (Å²) in [5.41, 5.74) is 6.70. The van der Waals surface area contributed by atoms with Crippen molar-refractivity contribution in [3.05, 3.63) is 29.8 Å². The molecule has 0 aliphatic carbocycles. The molecule has 1 aliphatic heterocycles. The largest absolute Gasteiger partial charge is 0.497 e. The monoisotopic (exact) mass is 249 g/mol. The van der Waals surface area contributed by atoms with E-state index in [0.29, 0.717) is 13.2 Å². The van der Waals surface area contributed by atoms with Gasteiger partial charge in [-0.1, -0.05) is 12.1 Å². The minimum absolute atomic E-state index is 0.106. The number of hydrogen-bond donors (Lipinski definition) is 2. The summed E-state index contributed by atoms with van der Waals surface area (Å²) in [5.74, 6) is 0.969. The maximum absolute atomic E-state index is 7.42. The number of amidine groups is 1. The highest BCUT2D eigenvalue weighted by Gasteiger charge is 2.22. The van der Waals surface area contributed by atoms with Gasteiger partial charge >= 0.3 is 0 Å². The van der Waals surface area contributed by atoms with Crippen molar-refractivity contribution in [2.45, 2.75) is 12.6 Å². The summed E-state index contributed by atoms with van der Waals surface area (Å²) >= 11 is 0. The Hall–Kier alpha value is -1.59. The molecule has 98 valence electrons. The van der Waals surface area contributed by atoms with Crippen LogP contribution in [0.4, 0.5) is 0 Å². The van der Waals surface area contributed by atoms with Crippen LogP contribution in [0.15, 0.2) is 24.3 Å². The van der Waals surface area contributed by atoms with E-state index in [2.05, 4.69) is 17.0 Å². The molecule has 0 amide bonds. The van der Waals surface area contributed by atoms with Gasteiger partial charge in [0.1, 0.15) is 17.7 Å². The number of morpholine rings is 1. The second-order valence-corrected chi connectivity index (χ2v) is 4.40. The van der Waals surface area contributed by atoms with Crippen LogP contribution in [0.1, 0.15) is 5.56 Å². The first-order valence-corrected chi connectivity index (χ1v) is 6.00. The third kappa shape index (κ3) is 3.21. The summed E-state index contributed by atoms with van der Waals surface area (Å²) in [7, 11) is 1.66. The Morgan fingerprint density at radius 3 is 2.83 bits per heavy atom. The molecule has 3 N–H and O–H groups in total. The maximum atomic E-state index is 7.42. The summed E-state index contributed by atoms with van der Waals surface area (Å²) < 4.78 is 10.6. The first-order chi connectivity index (χ1) is 8.69. The fraction of sp³-hybridized carbons (Fsp3) is 0.462. The van der Waals surface area contributed by atoms with Gasteiger partial charge in [0.05, 0.1) is 13.7 Å². The normalized spacial score (nSPS) is 20.6. The number of methoxy groups -OCH3 is 1. The molecule has 1 atom stereocenters. The smallest absolute Gasteiger partial charge is 0.127 e. The first-order valence-electron chi connectivity index (χ1n) is 6.00. The Labute approximate surface area is 107 Å². The minimum atomic E-state index is -0.267. The van der Waals surface area contributed by atoms with E-state index < -0.39 is 0 Å². The van der Waals surface area contributed by atoms with Gasteiger partial charge in [-0.25, -0.2) is 0 Å². The second-order valence-electron chi connectivity index (χ2n) is 4.40. The molecule has 0 radical (unpaired) electrons. The number of rotatable bonds is 4. The Morgan fingerprint density at radius 1 is 1.50 bits per heavy atom. The van der Waals surface area contributed by atoms with Gasteiger partial charge in [0.2, 0.25) is 0 Å². The van der Waals surface area contributed by atoms with Gasteiger partial charge in [-0.05, 0) is 17.7 Å². The number of benzene rings is 1. The number of ether oxygens (including phenoxy) is 2. The molecule has 0 aromatic heterocycles. The van der Waals surface area contributed by atoms with E-state index in [1.807, 2.05) is 12.1 Å². The van der Waals surface area contributed by atoms with Crippen molar-refractivity contribution in [2.75, 3.05) is 26.8 Å². The summed E-state index contributed by atoms with van der Waals surface area (Å²) in [6, 6.07) is 8.02. The molecule has 5 heteroatoms. The minimum Gasteiger partial charge on any atom is -0.497 e. The highest BCUT2D eigenvalue weighted by atomic mass is 16.5. The molecular formula is C13H19N3O2. The van der Waals surface area contributed by atoms with E-state index in [9.17, 15) is 0 Å². The van der Waals surface area contributed by atoms with Gasteiger partial charge in [0.15, 0.2) is 0 Å². The summed E-state index contributed by atoms with van der Waals surface area (Å²) in [5, 5.41) is 7.42. The molecule has 0 saturated carbocycles. The number of nitrogens with two attached hydrogens (primary N) is 1. The Kier molecular flexibility index (Phi) is 4.17. The van der Waals surface area contributed by atoms with E-state index in [1.165, 1.54) is 5.56 Å². The molecule has 0 bridgehead atoms. The van der Waals surface area contributed by atoms with Crippen molar-refractivity contribution in [3.8, 4) is 5.75 Å². The van der Waals surface area contributed by atoms with E-state index in [4.69, 9.17) is 20.6 Å². The zero-order valence-electron chi connectivity index (χ0n) is 10.6. The third-order valence-corrected chi connectivity index (χ3v) is 3.06. The summed E-state index contributed by atoms with van der Waals surface area (Å²) in [6.45, 7) is 3.02. The molecule has 1 aromatic carbocycles. The van der Waals surface area contributed by atoms with Gasteiger partial charge in [-0.15, -0.1) is 0 Å². The lowest BCUT2D eigenvalue weighted by molar-refractivity contribution is 0.00236. The van der Waals surface area contributed by atoms with Crippen LogP contribution >= 0.6 is 0 Å². The van der Waals surface area contributed by atoms with Crippen molar-refractivity contribution in [1.82, 2.24) is 4.90 Å². The average Bonchev–Trinajstić information content (AvgIpc) is 2.40. The van der Waals surface area contributed by atoms with Crippen LogP contribution in [0.2, 0.25) is 0 Å². The van der Waals surface area contributed by atoms with E-state index in [0.717, 1.165) is 18.8 Å². The molecule has 5 nitrogen and oxygen atoms in total. The van der Waals surface area contributed by atoms with Crippen LogP contribution in [0.25, 0.3) is 0 Å². The van der Waals surface area contributed by atoms with Crippen molar-refractivity contribution in [3.63, 3.8) is 0 Å². The zero-order valence-corrected chi connectivity index (χ0v) is 10.6. The predicted octanol–water partition coefficient (Wildman–Crippen LogP) is 0.832. The Balaban J connectivity index is 1.93. The van der Waals surface area contributed by atoms with Crippen LogP contribution in [0.3, 0.4) is 0 Å². The molecule has 1 aliphatic rings. The summed E-state index contributed by atoms with van der Waals surface area (Å²) in [4.78, 5) is 2.25. The van der Waals surface area contributed by atoms with Crippen molar-refractivity contribution >= 4 is 5.84 Å². The second kappa shape index (κ2) is 5.84. The highest BCUT2D eigenvalue weighted by Crippen LogP contribution is 2.14. The van der Waals surface area contributed by atoms with E-state index in [1.54, 1.807) is 7.11 Å². The maximum Gasteiger partial charge on any atom is 0.127 e. The fourth-order valence-electron chi connectivity index (χ4n) is 2.02. The zero-order chi connectivity index (χ0) is 13.0. The van der Waals surface area contributed by atoms with Crippen molar-refractivity contribution in [1.29, 1.82) is 5.41 Å². The highest BCUT2D eigenvalue weighted by molar-refractivity contribution is 5.82. The van der Waals surface area contributed by atoms with Gasteiger partial charge < -0.3 is 15.2 Å². The quantitative estimate of drug-likeness (QED) is 0.612. The van der Waals surface area contributed by atoms with Crippen LogP contribution in [-0.2, 0) is 11.3 Å². The number of nitrogens with zero attached hydrogens (tertiary/aromatic N) is 1. The average molecular weight is 249 g/mol. The van der Waals surface area contributed by atoms with Crippen LogP contribution < -0.4 is 10.5 Å². The van der Waals surface area contributed by atoms with Crippen LogP contribution in [-0.4, -0.2) is 43.6 Å². The first kappa shape index (κ1) is 12.9.